The number of hydrogen-bond acceptors (Lipinski definition) is 2. The number of benzene rings is 1. The van der Waals surface area contributed by atoms with Gasteiger partial charge in [-0.1, -0.05) is 11.6 Å². The zero-order valence-electron chi connectivity index (χ0n) is 8.39. The van der Waals surface area contributed by atoms with Gasteiger partial charge in [0.1, 0.15) is 5.75 Å². The molecule has 2 nitrogen and oxygen atoms in total. The maximum Gasteiger partial charge on any atom is 0.508 e. The van der Waals surface area contributed by atoms with Gasteiger partial charge in [0.05, 0.1) is 0 Å². The Labute approximate surface area is 98.0 Å². The molecular weight excluding hydrogens is 265 g/mol. The van der Waals surface area contributed by atoms with Crippen molar-refractivity contribution in [1.29, 1.82) is 0 Å². The highest BCUT2D eigenvalue weighted by molar-refractivity contribution is 7.81. The second-order valence-electron chi connectivity index (χ2n) is 3.06. The van der Waals surface area contributed by atoms with Crippen LogP contribution in [0.4, 0.5) is 13.2 Å². The van der Waals surface area contributed by atoms with Crippen molar-refractivity contribution in [3.05, 3.63) is 28.3 Å². The van der Waals surface area contributed by atoms with Crippen LogP contribution in [0, 0.1) is 13.8 Å². The lowest BCUT2D eigenvalue weighted by Gasteiger charge is -2.11. The van der Waals surface area contributed by atoms with Crippen LogP contribution >= 0.6 is 11.6 Å². The maximum atomic E-state index is 12.0. The van der Waals surface area contributed by atoms with Gasteiger partial charge in [-0.15, -0.1) is 0 Å². The molecule has 1 aromatic rings. The van der Waals surface area contributed by atoms with Crippen LogP contribution in [0.15, 0.2) is 12.1 Å². The SMILES string of the molecule is Cc1c(Cl)ccc(OS(=O)C(F)(F)F)c1C. The quantitative estimate of drug-likeness (QED) is 0.823. The van der Waals surface area contributed by atoms with E-state index < -0.39 is 16.6 Å². The van der Waals surface area contributed by atoms with Gasteiger partial charge < -0.3 is 4.18 Å². The molecule has 0 aliphatic heterocycles. The summed E-state index contributed by atoms with van der Waals surface area (Å²) in [5, 5.41) is 0.419. The van der Waals surface area contributed by atoms with Crippen LogP contribution in [0.1, 0.15) is 11.1 Å². The Kier molecular flexibility index (Phi) is 3.85. The molecule has 0 saturated carbocycles. The van der Waals surface area contributed by atoms with Crippen LogP contribution in [-0.4, -0.2) is 9.72 Å². The fraction of sp³-hybridized carbons (Fsp3) is 0.333. The lowest BCUT2D eigenvalue weighted by Crippen LogP contribution is -2.21. The molecule has 1 aromatic carbocycles. The molecule has 0 spiro atoms. The van der Waals surface area contributed by atoms with E-state index >= 15 is 0 Å². The fourth-order valence-corrected chi connectivity index (χ4v) is 1.62. The van der Waals surface area contributed by atoms with E-state index in [-0.39, 0.29) is 5.75 Å². The summed E-state index contributed by atoms with van der Waals surface area (Å²) < 4.78 is 51.0. The average molecular weight is 273 g/mol. The molecule has 0 amide bonds. The average Bonchev–Trinajstić information content (AvgIpc) is 2.17. The Balaban J connectivity index is 3.00. The van der Waals surface area contributed by atoms with Gasteiger partial charge in [-0.3, -0.25) is 0 Å². The number of hydrogen-bond donors (Lipinski definition) is 0. The highest BCUT2D eigenvalue weighted by Crippen LogP contribution is 2.30. The predicted molar refractivity (Wildman–Crippen MR) is 55.8 cm³/mol. The zero-order chi connectivity index (χ0) is 12.5. The van der Waals surface area contributed by atoms with Crippen molar-refractivity contribution in [1.82, 2.24) is 0 Å². The summed E-state index contributed by atoms with van der Waals surface area (Å²) in [5.74, 6) is -0.0856. The highest BCUT2D eigenvalue weighted by atomic mass is 35.5. The van der Waals surface area contributed by atoms with Crippen molar-refractivity contribution in [2.75, 3.05) is 0 Å². The molecule has 0 aliphatic rings. The van der Waals surface area contributed by atoms with E-state index in [0.29, 0.717) is 16.1 Å². The van der Waals surface area contributed by atoms with Gasteiger partial charge in [0.25, 0.3) is 0 Å². The monoisotopic (exact) mass is 272 g/mol. The van der Waals surface area contributed by atoms with E-state index in [9.17, 15) is 17.4 Å². The second-order valence-corrected chi connectivity index (χ2v) is 4.57. The number of halogens is 4. The standard InChI is InChI=1S/C9H8ClF3O2S/c1-5-6(2)8(4-3-7(5)10)15-16(14)9(11,12)13/h3-4H,1-2H3. The maximum absolute atomic E-state index is 12.0. The smallest absolute Gasteiger partial charge is 0.394 e. The molecule has 7 heteroatoms. The first-order chi connectivity index (χ1) is 7.23. The molecule has 0 saturated heterocycles. The molecular formula is C9H8ClF3O2S. The molecule has 0 aromatic heterocycles. The van der Waals surface area contributed by atoms with E-state index in [0.717, 1.165) is 0 Å². The van der Waals surface area contributed by atoms with E-state index in [2.05, 4.69) is 4.18 Å². The molecule has 0 bridgehead atoms. The van der Waals surface area contributed by atoms with E-state index in [1.807, 2.05) is 0 Å². The Morgan fingerprint density at radius 3 is 2.31 bits per heavy atom. The third-order valence-corrected chi connectivity index (χ3v) is 3.14. The first-order valence-corrected chi connectivity index (χ1v) is 5.61. The van der Waals surface area contributed by atoms with Gasteiger partial charge in [-0.25, -0.2) is 4.21 Å². The van der Waals surface area contributed by atoms with Crippen molar-refractivity contribution >= 4 is 22.7 Å². The van der Waals surface area contributed by atoms with Gasteiger partial charge in [0, 0.05) is 5.02 Å². The lowest BCUT2D eigenvalue weighted by molar-refractivity contribution is -0.0437. The van der Waals surface area contributed by atoms with Gasteiger partial charge in [-0.05, 0) is 37.1 Å². The van der Waals surface area contributed by atoms with Crippen molar-refractivity contribution in [2.45, 2.75) is 19.4 Å². The minimum Gasteiger partial charge on any atom is -0.394 e. The molecule has 16 heavy (non-hydrogen) atoms. The summed E-state index contributed by atoms with van der Waals surface area (Å²) in [6.07, 6.45) is 0. The summed E-state index contributed by atoms with van der Waals surface area (Å²) in [6.45, 7) is 3.19. The molecule has 1 unspecified atom stereocenters. The molecule has 0 aliphatic carbocycles. The minimum absolute atomic E-state index is 0.0856. The van der Waals surface area contributed by atoms with Crippen molar-refractivity contribution in [3.8, 4) is 5.75 Å². The van der Waals surface area contributed by atoms with Gasteiger partial charge in [0.15, 0.2) is 0 Å². The largest absolute Gasteiger partial charge is 0.508 e. The number of alkyl halides is 3. The Morgan fingerprint density at radius 2 is 1.81 bits per heavy atom. The molecule has 1 rings (SSSR count). The summed E-state index contributed by atoms with van der Waals surface area (Å²) >= 11 is 2.40. The van der Waals surface area contributed by atoms with Crippen LogP contribution in [-0.2, 0) is 11.1 Å². The molecule has 1 atom stereocenters. The summed E-state index contributed by atoms with van der Waals surface area (Å²) in [5.41, 5.74) is -3.86. The van der Waals surface area contributed by atoms with Gasteiger partial charge in [0.2, 0.25) is 0 Å². The normalized spacial score (nSPS) is 13.6. The first-order valence-electron chi connectivity index (χ1n) is 4.16. The van der Waals surface area contributed by atoms with Crippen LogP contribution < -0.4 is 4.18 Å². The molecule has 0 radical (unpaired) electrons. The van der Waals surface area contributed by atoms with E-state index in [1.54, 1.807) is 13.8 Å². The number of rotatable bonds is 2. The van der Waals surface area contributed by atoms with Crippen molar-refractivity contribution < 1.29 is 21.6 Å². The predicted octanol–water partition coefficient (Wildman–Crippen LogP) is 3.52. The topological polar surface area (TPSA) is 26.3 Å². The van der Waals surface area contributed by atoms with Crippen LogP contribution in [0.25, 0.3) is 0 Å². The highest BCUT2D eigenvalue weighted by Gasteiger charge is 2.40. The third-order valence-electron chi connectivity index (χ3n) is 2.03. The third kappa shape index (κ3) is 2.89. The molecule has 0 heterocycles. The second kappa shape index (κ2) is 4.63. The Morgan fingerprint density at radius 1 is 1.25 bits per heavy atom. The molecule has 90 valence electrons. The van der Waals surface area contributed by atoms with Crippen molar-refractivity contribution in [3.63, 3.8) is 0 Å². The fourth-order valence-electron chi connectivity index (χ4n) is 0.982. The van der Waals surface area contributed by atoms with E-state index in [4.69, 9.17) is 11.6 Å². The molecule has 0 N–H and O–H groups in total. The lowest BCUT2D eigenvalue weighted by atomic mass is 10.1. The molecule has 0 fully saturated rings. The van der Waals surface area contributed by atoms with Gasteiger partial charge >= 0.3 is 16.6 Å². The van der Waals surface area contributed by atoms with Crippen LogP contribution in [0.2, 0.25) is 5.02 Å². The van der Waals surface area contributed by atoms with Crippen molar-refractivity contribution in [2.24, 2.45) is 0 Å². The zero-order valence-corrected chi connectivity index (χ0v) is 9.96. The summed E-state index contributed by atoms with van der Waals surface area (Å²) in [7, 11) is 0. The Hall–Kier alpha value is -0.750. The summed E-state index contributed by atoms with van der Waals surface area (Å²) in [6, 6.07) is 2.65. The van der Waals surface area contributed by atoms with Crippen LogP contribution in [0.3, 0.4) is 0 Å². The van der Waals surface area contributed by atoms with E-state index in [1.165, 1.54) is 12.1 Å². The first kappa shape index (κ1) is 13.3. The van der Waals surface area contributed by atoms with Gasteiger partial charge in [-0.2, -0.15) is 13.2 Å². The van der Waals surface area contributed by atoms with Crippen LogP contribution in [0.5, 0.6) is 5.75 Å². The minimum atomic E-state index is -4.89. The summed E-state index contributed by atoms with van der Waals surface area (Å²) in [4.78, 5) is 0. The Bertz CT molecular complexity index is 431.